The van der Waals surface area contributed by atoms with Crippen molar-refractivity contribution in [2.45, 2.75) is 39.3 Å². The summed E-state index contributed by atoms with van der Waals surface area (Å²) in [5.41, 5.74) is 7.35. The first-order chi connectivity index (χ1) is 33.4. The van der Waals surface area contributed by atoms with E-state index < -0.39 is 16.1 Å². The van der Waals surface area contributed by atoms with Crippen LogP contribution in [0.5, 0.6) is 34.5 Å². The largest absolute Gasteiger partial charge is 0.508 e. The molecule has 0 aliphatic heterocycles. The lowest BCUT2D eigenvalue weighted by molar-refractivity contribution is 0.428. The number of phenolic OH excluding ortho intramolecular Hbond substituents is 6. The molecule has 0 amide bonds. The van der Waals surface area contributed by atoms with E-state index in [1.54, 1.807) is 0 Å². The number of rotatable bonds is 10. The Bertz CT molecular complexity index is 3330. The Kier molecular flexibility index (Phi) is 11.3. The molecule has 0 aliphatic carbocycles. The quantitative estimate of drug-likeness (QED) is 0.0591. The lowest BCUT2D eigenvalue weighted by atomic mass is 9.87. The van der Waals surface area contributed by atoms with E-state index in [1.165, 1.54) is 34.6 Å². The SMILES string of the molecule is C[Si](C)(C)c1ccc(N(c2ccc(-c3cc4c5ccccc5c(-c5ccc(N(c6ccc([Si](C)(C)C)cc6)c6c(O)cc(O)cc6O)cc5)cc4c4ccccc34)cc2)c2c(O)cc(O)cc2O)cc1. The molecule has 0 aromatic heterocycles. The van der Waals surface area contributed by atoms with Gasteiger partial charge in [-0.25, -0.2) is 0 Å². The normalized spacial score (nSPS) is 11.9. The molecule has 10 heteroatoms. The molecule has 0 heterocycles. The van der Waals surface area contributed by atoms with Crippen molar-refractivity contribution in [3.63, 3.8) is 0 Å². The first-order valence-corrected chi connectivity index (χ1v) is 30.3. The van der Waals surface area contributed by atoms with Gasteiger partial charge in [-0.1, -0.05) is 147 Å². The first kappa shape index (κ1) is 45.6. The molecule has 348 valence electrons. The van der Waals surface area contributed by atoms with Gasteiger partial charge in [-0.2, -0.15) is 0 Å². The Morgan fingerprint density at radius 2 is 0.571 bits per heavy atom. The molecule has 70 heavy (non-hydrogen) atoms. The Morgan fingerprint density at radius 1 is 0.300 bits per heavy atom. The summed E-state index contributed by atoms with van der Waals surface area (Å²) in [6.07, 6.45) is 0. The third kappa shape index (κ3) is 8.31. The van der Waals surface area contributed by atoms with Gasteiger partial charge in [0.15, 0.2) is 0 Å². The van der Waals surface area contributed by atoms with Gasteiger partial charge in [0, 0.05) is 47.0 Å². The van der Waals surface area contributed by atoms with Crippen LogP contribution >= 0.6 is 0 Å². The molecule has 10 aromatic rings. The Labute approximate surface area is 409 Å². The van der Waals surface area contributed by atoms with Crippen LogP contribution in [-0.4, -0.2) is 46.8 Å². The van der Waals surface area contributed by atoms with E-state index in [-0.39, 0.29) is 45.9 Å². The van der Waals surface area contributed by atoms with Crippen LogP contribution in [0.1, 0.15) is 0 Å². The highest BCUT2D eigenvalue weighted by Crippen LogP contribution is 2.50. The fraction of sp³-hybridized carbons (Fsp3) is 0.100. The fourth-order valence-corrected chi connectivity index (χ4v) is 12.0. The van der Waals surface area contributed by atoms with E-state index in [4.69, 9.17) is 0 Å². The van der Waals surface area contributed by atoms with Crippen LogP contribution in [0, 0.1) is 0 Å². The molecular weight excluding hydrogens is 901 g/mol. The Morgan fingerprint density at radius 3 is 0.857 bits per heavy atom. The van der Waals surface area contributed by atoms with E-state index in [1.807, 2.05) is 58.3 Å². The number of nitrogens with zero attached hydrogens (tertiary/aromatic N) is 2. The number of hydrogen-bond acceptors (Lipinski definition) is 8. The highest BCUT2D eigenvalue weighted by molar-refractivity contribution is 6.89. The van der Waals surface area contributed by atoms with Gasteiger partial charge in [0.05, 0.1) is 16.1 Å². The summed E-state index contributed by atoms with van der Waals surface area (Å²) in [5.74, 6) is -1.48. The van der Waals surface area contributed by atoms with Gasteiger partial charge in [0.1, 0.15) is 45.9 Å². The Balaban J connectivity index is 1.08. The predicted octanol–water partition coefficient (Wildman–Crippen LogP) is 14.7. The second-order valence-corrected chi connectivity index (χ2v) is 30.2. The molecule has 0 bridgehead atoms. The van der Waals surface area contributed by atoms with Gasteiger partial charge in [0.2, 0.25) is 0 Å². The second-order valence-electron chi connectivity index (χ2n) is 20.1. The van der Waals surface area contributed by atoms with Crippen LogP contribution in [0.3, 0.4) is 0 Å². The minimum Gasteiger partial charge on any atom is -0.508 e. The minimum atomic E-state index is -1.61. The molecule has 10 aromatic carbocycles. The highest BCUT2D eigenvalue weighted by Gasteiger charge is 2.26. The first-order valence-electron chi connectivity index (χ1n) is 23.3. The third-order valence-electron chi connectivity index (χ3n) is 13.3. The van der Waals surface area contributed by atoms with Gasteiger partial charge in [-0.15, -0.1) is 0 Å². The van der Waals surface area contributed by atoms with E-state index in [9.17, 15) is 30.6 Å². The van der Waals surface area contributed by atoms with Crippen LogP contribution < -0.4 is 20.2 Å². The van der Waals surface area contributed by atoms with Gasteiger partial charge in [-0.05, 0) is 115 Å². The summed E-state index contributed by atoms with van der Waals surface area (Å²) in [4.78, 5) is 3.62. The lowest BCUT2D eigenvalue weighted by Gasteiger charge is -2.28. The van der Waals surface area contributed by atoms with Gasteiger partial charge in [-0.3, -0.25) is 0 Å². The zero-order chi connectivity index (χ0) is 49.2. The predicted molar refractivity (Wildman–Crippen MR) is 295 cm³/mol. The van der Waals surface area contributed by atoms with Crippen molar-refractivity contribution >= 4 is 93.0 Å². The van der Waals surface area contributed by atoms with Gasteiger partial charge < -0.3 is 40.4 Å². The summed E-state index contributed by atoms with van der Waals surface area (Å²) < 4.78 is 0. The van der Waals surface area contributed by atoms with Crippen molar-refractivity contribution in [1.82, 2.24) is 0 Å². The smallest absolute Gasteiger partial charge is 0.147 e. The monoisotopic (exact) mass is 954 g/mol. The number of aromatic hydroxyl groups is 6. The van der Waals surface area contributed by atoms with Crippen LogP contribution in [0.4, 0.5) is 34.1 Å². The molecule has 6 N–H and O–H groups in total. The molecular formula is C60H54N2O6Si2. The molecule has 0 fully saturated rings. The number of hydrogen-bond donors (Lipinski definition) is 6. The maximum atomic E-state index is 11.2. The molecule has 0 spiro atoms. The maximum absolute atomic E-state index is 11.2. The summed E-state index contributed by atoms with van der Waals surface area (Å²) in [6.45, 7) is 13.7. The number of benzene rings is 10. The van der Waals surface area contributed by atoms with Crippen molar-refractivity contribution in [3.05, 3.63) is 182 Å². The van der Waals surface area contributed by atoms with Gasteiger partial charge >= 0.3 is 0 Å². The maximum Gasteiger partial charge on any atom is 0.147 e. The van der Waals surface area contributed by atoms with Gasteiger partial charge in [0.25, 0.3) is 0 Å². The number of anilines is 6. The third-order valence-corrected chi connectivity index (χ3v) is 17.4. The standard InChI is InChI=1S/C60H54N2O6Si2/c1-69(2,3)45-27-23-41(24-28-45)61(59-55(65)31-43(63)32-56(59)66)39-19-15-37(16-20-39)51-35-53-50-14-10-8-12-48(50)52(36-54(53)49-13-9-7-11-47(49)51)38-17-21-40(22-18-38)62(60-57(67)33-44(64)34-58(60)68)42-25-29-46(30-26-42)70(4,5)6/h7-36,63-68H,1-6H3. The molecule has 8 nitrogen and oxygen atoms in total. The molecule has 0 aliphatic rings. The molecule has 0 saturated carbocycles. The molecule has 0 atom stereocenters. The average Bonchev–Trinajstić information content (AvgIpc) is 3.33. The molecule has 0 radical (unpaired) electrons. The number of phenols is 6. The van der Waals surface area contributed by atoms with Crippen LogP contribution in [0.15, 0.2) is 182 Å². The van der Waals surface area contributed by atoms with E-state index >= 15 is 0 Å². The highest BCUT2D eigenvalue weighted by atomic mass is 28.3. The molecule has 0 saturated heterocycles. The van der Waals surface area contributed by atoms with Crippen molar-refractivity contribution in [1.29, 1.82) is 0 Å². The molecule has 10 rings (SSSR count). The summed E-state index contributed by atoms with van der Waals surface area (Å²) in [6, 6.07) is 59.1. The second kappa shape index (κ2) is 17.4. The lowest BCUT2D eigenvalue weighted by Crippen LogP contribution is -2.37. The van der Waals surface area contributed by atoms with E-state index in [0.29, 0.717) is 11.4 Å². The zero-order valence-electron chi connectivity index (χ0n) is 39.9. The zero-order valence-corrected chi connectivity index (χ0v) is 41.9. The molecule has 0 unspecified atom stereocenters. The van der Waals surface area contributed by atoms with Crippen molar-refractivity contribution < 1.29 is 30.6 Å². The van der Waals surface area contributed by atoms with Crippen molar-refractivity contribution in [2.24, 2.45) is 0 Å². The van der Waals surface area contributed by atoms with E-state index in [2.05, 4.69) is 148 Å². The minimum absolute atomic E-state index is 0.166. The van der Waals surface area contributed by atoms with Crippen molar-refractivity contribution in [3.8, 4) is 56.8 Å². The van der Waals surface area contributed by atoms with Crippen molar-refractivity contribution in [2.75, 3.05) is 9.80 Å². The van der Waals surface area contributed by atoms with E-state index in [0.717, 1.165) is 65.9 Å². The summed E-state index contributed by atoms with van der Waals surface area (Å²) in [7, 11) is -3.23. The Hall–Kier alpha value is -8.19. The topological polar surface area (TPSA) is 128 Å². The van der Waals surface area contributed by atoms with Crippen LogP contribution in [-0.2, 0) is 0 Å². The average molecular weight is 955 g/mol. The fourth-order valence-electron chi connectivity index (χ4n) is 9.68. The van der Waals surface area contributed by atoms with Crippen LogP contribution in [0.25, 0.3) is 54.6 Å². The summed E-state index contributed by atoms with van der Waals surface area (Å²) >= 11 is 0. The number of fused-ring (bicyclic) bond motifs is 5. The van der Waals surface area contributed by atoms with Crippen LogP contribution in [0.2, 0.25) is 39.3 Å². The summed E-state index contributed by atoms with van der Waals surface area (Å²) in [5, 5.41) is 74.2.